The highest BCUT2D eigenvalue weighted by Gasteiger charge is 2.10. The molecule has 2 N–H and O–H groups in total. The predicted molar refractivity (Wildman–Crippen MR) is 103 cm³/mol. The number of halogens is 1. The number of carbonyl (C=O) groups is 2. The summed E-state index contributed by atoms with van der Waals surface area (Å²) in [6.07, 6.45) is 0. The lowest BCUT2D eigenvalue weighted by Gasteiger charge is -2.09. The molecule has 5 heteroatoms. The lowest BCUT2D eigenvalue weighted by Crippen LogP contribution is -2.34. The lowest BCUT2D eigenvalue weighted by molar-refractivity contribution is 0.0928. The third kappa shape index (κ3) is 4.06. The summed E-state index contributed by atoms with van der Waals surface area (Å²) >= 11 is 3.35. The standard InChI is InChI=1S/C20H17BrN2O2/c21-18-11-4-3-9-17(18)20(25)23-13-12-22-19(24)16-10-5-7-14-6-1-2-8-15(14)16/h1-11H,12-13H2,(H,22,24)(H,23,25). The number of hydrogen-bond donors (Lipinski definition) is 2. The van der Waals surface area contributed by atoms with Gasteiger partial charge in [0.2, 0.25) is 0 Å². The fraction of sp³-hybridized carbons (Fsp3) is 0.100. The Morgan fingerprint density at radius 2 is 1.28 bits per heavy atom. The third-order valence-corrected chi connectivity index (χ3v) is 4.54. The molecule has 126 valence electrons. The first-order chi connectivity index (χ1) is 12.2. The summed E-state index contributed by atoms with van der Waals surface area (Å²) < 4.78 is 0.743. The minimum absolute atomic E-state index is 0.146. The second kappa shape index (κ2) is 7.94. The largest absolute Gasteiger partial charge is 0.350 e. The highest BCUT2D eigenvalue weighted by atomic mass is 79.9. The van der Waals surface area contributed by atoms with Crippen molar-refractivity contribution in [3.63, 3.8) is 0 Å². The maximum absolute atomic E-state index is 12.4. The van der Waals surface area contributed by atoms with Crippen LogP contribution in [0.5, 0.6) is 0 Å². The van der Waals surface area contributed by atoms with Crippen molar-refractivity contribution in [2.75, 3.05) is 13.1 Å². The smallest absolute Gasteiger partial charge is 0.252 e. The van der Waals surface area contributed by atoms with Gasteiger partial charge in [-0.2, -0.15) is 0 Å². The van der Waals surface area contributed by atoms with E-state index in [9.17, 15) is 9.59 Å². The topological polar surface area (TPSA) is 58.2 Å². The van der Waals surface area contributed by atoms with Crippen molar-refractivity contribution in [3.05, 3.63) is 82.3 Å². The molecule has 2 amide bonds. The van der Waals surface area contributed by atoms with Crippen LogP contribution < -0.4 is 10.6 Å². The molecule has 0 aliphatic heterocycles. The molecule has 0 fully saturated rings. The van der Waals surface area contributed by atoms with Crippen molar-refractivity contribution >= 4 is 38.5 Å². The highest BCUT2D eigenvalue weighted by Crippen LogP contribution is 2.18. The van der Waals surface area contributed by atoms with E-state index in [-0.39, 0.29) is 11.8 Å². The molecule has 0 unspecified atom stereocenters. The van der Waals surface area contributed by atoms with Crippen molar-refractivity contribution in [2.45, 2.75) is 0 Å². The molecule has 25 heavy (non-hydrogen) atoms. The minimum atomic E-state index is -0.174. The van der Waals surface area contributed by atoms with E-state index in [2.05, 4.69) is 26.6 Å². The normalized spacial score (nSPS) is 10.4. The van der Waals surface area contributed by atoms with E-state index in [0.29, 0.717) is 24.2 Å². The molecule has 3 aromatic carbocycles. The molecule has 0 radical (unpaired) electrons. The average Bonchev–Trinajstić information content (AvgIpc) is 2.64. The summed E-state index contributed by atoms with van der Waals surface area (Å²) in [5, 5.41) is 7.59. The van der Waals surface area contributed by atoms with Gasteiger partial charge in [-0.3, -0.25) is 9.59 Å². The van der Waals surface area contributed by atoms with Gasteiger partial charge in [-0.1, -0.05) is 48.5 Å². The van der Waals surface area contributed by atoms with Crippen LogP contribution in [0.15, 0.2) is 71.2 Å². The van der Waals surface area contributed by atoms with Crippen molar-refractivity contribution in [1.82, 2.24) is 10.6 Å². The van der Waals surface area contributed by atoms with Gasteiger partial charge in [0.15, 0.2) is 0 Å². The lowest BCUT2D eigenvalue weighted by atomic mass is 10.0. The van der Waals surface area contributed by atoms with Gasteiger partial charge >= 0.3 is 0 Å². The molecule has 3 aromatic rings. The maximum Gasteiger partial charge on any atom is 0.252 e. The Labute approximate surface area is 154 Å². The first-order valence-corrected chi connectivity index (χ1v) is 8.75. The Morgan fingerprint density at radius 1 is 0.720 bits per heavy atom. The summed E-state index contributed by atoms with van der Waals surface area (Å²) in [5.41, 5.74) is 1.21. The Bertz CT molecular complexity index is 919. The molecule has 0 saturated carbocycles. The molecule has 0 aliphatic rings. The van der Waals surface area contributed by atoms with Crippen LogP contribution in [0.2, 0.25) is 0 Å². The van der Waals surface area contributed by atoms with Crippen LogP contribution in [0.3, 0.4) is 0 Å². The van der Waals surface area contributed by atoms with Crippen LogP contribution in [0.1, 0.15) is 20.7 Å². The van der Waals surface area contributed by atoms with Crippen molar-refractivity contribution in [3.8, 4) is 0 Å². The first-order valence-electron chi connectivity index (χ1n) is 7.95. The number of benzene rings is 3. The number of amides is 2. The van der Waals surface area contributed by atoms with Crippen molar-refractivity contribution in [2.24, 2.45) is 0 Å². The van der Waals surface area contributed by atoms with Gasteiger partial charge in [-0.15, -0.1) is 0 Å². The Kier molecular flexibility index (Phi) is 5.46. The first kappa shape index (κ1) is 17.2. The van der Waals surface area contributed by atoms with Crippen molar-refractivity contribution in [1.29, 1.82) is 0 Å². The molecule has 3 rings (SSSR count). The van der Waals surface area contributed by atoms with Crippen molar-refractivity contribution < 1.29 is 9.59 Å². The summed E-state index contributed by atoms with van der Waals surface area (Å²) in [7, 11) is 0. The zero-order valence-electron chi connectivity index (χ0n) is 13.5. The summed E-state index contributed by atoms with van der Waals surface area (Å²) in [6.45, 7) is 0.717. The third-order valence-electron chi connectivity index (χ3n) is 3.85. The van der Waals surface area contributed by atoms with E-state index in [4.69, 9.17) is 0 Å². The molecule has 0 bridgehead atoms. The minimum Gasteiger partial charge on any atom is -0.350 e. The molecule has 0 aromatic heterocycles. The molecule has 0 atom stereocenters. The highest BCUT2D eigenvalue weighted by molar-refractivity contribution is 9.10. The van der Waals surface area contributed by atoms with Gasteiger partial charge in [0.25, 0.3) is 11.8 Å². The van der Waals surface area contributed by atoms with E-state index in [1.54, 1.807) is 12.1 Å². The Hall–Kier alpha value is -2.66. The average molecular weight is 397 g/mol. The van der Waals surface area contributed by atoms with Gasteiger partial charge in [0.1, 0.15) is 0 Å². The quantitative estimate of drug-likeness (QED) is 0.645. The van der Waals surface area contributed by atoms with Crippen LogP contribution in [0.4, 0.5) is 0 Å². The van der Waals surface area contributed by atoms with E-state index in [0.717, 1.165) is 15.2 Å². The molecule has 0 spiro atoms. The summed E-state index contributed by atoms with van der Waals surface area (Å²) in [6, 6.07) is 20.6. The number of fused-ring (bicyclic) bond motifs is 1. The number of nitrogens with one attached hydrogen (secondary N) is 2. The summed E-state index contributed by atoms with van der Waals surface area (Å²) in [5.74, 6) is -0.321. The predicted octanol–water partition coefficient (Wildman–Crippen LogP) is 3.76. The fourth-order valence-electron chi connectivity index (χ4n) is 2.61. The Balaban J connectivity index is 1.56. The zero-order chi connectivity index (χ0) is 17.6. The maximum atomic E-state index is 12.4. The van der Waals surface area contributed by atoms with E-state index in [1.807, 2.05) is 54.6 Å². The number of rotatable bonds is 5. The number of hydrogen-bond acceptors (Lipinski definition) is 2. The van der Waals surface area contributed by atoms with Gasteiger partial charge in [0, 0.05) is 23.1 Å². The van der Waals surface area contributed by atoms with E-state index >= 15 is 0 Å². The number of carbonyl (C=O) groups excluding carboxylic acids is 2. The Morgan fingerprint density at radius 3 is 2.04 bits per heavy atom. The molecular formula is C20H17BrN2O2. The van der Waals surface area contributed by atoms with Crippen LogP contribution in [-0.4, -0.2) is 24.9 Å². The second-order valence-corrected chi connectivity index (χ2v) is 6.37. The molecule has 0 saturated heterocycles. The van der Waals surface area contributed by atoms with Gasteiger partial charge < -0.3 is 10.6 Å². The molecule has 0 heterocycles. The second-order valence-electron chi connectivity index (χ2n) is 5.52. The van der Waals surface area contributed by atoms with Crippen LogP contribution in [0.25, 0.3) is 10.8 Å². The van der Waals surface area contributed by atoms with Gasteiger partial charge in [0.05, 0.1) is 5.56 Å². The van der Waals surface area contributed by atoms with E-state index < -0.39 is 0 Å². The van der Waals surface area contributed by atoms with Gasteiger partial charge in [-0.25, -0.2) is 0 Å². The fourth-order valence-corrected chi connectivity index (χ4v) is 3.08. The summed E-state index contributed by atoms with van der Waals surface area (Å²) in [4.78, 5) is 24.5. The van der Waals surface area contributed by atoms with Crippen LogP contribution in [-0.2, 0) is 0 Å². The van der Waals surface area contributed by atoms with Gasteiger partial charge in [-0.05, 0) is 44.9 Å². The zero-order valence-corrected chi connectivity index (χ0v) is 15.0. The molecule has 4 nitrogen and oxygen atoms in total. The molecule has 0 aliphatic carbocycles. The van der Waals surface area contributed by atoms with Crippen LogP contribution >= 0.6 is 15.9 Å². The van der Waals surface area contributed by atoms with Crippen LogP contribution in [0, 0.1) is 0 Å². The molecular weight excluding hydrogens is 380 g/mol. The monoisotopic (exact) mass is 396 g/mol. The SMILES string of the molecule is O=C(NCCNC(=O)c1cccc2ccccc12)c1ccccc1Br. The van der Waals surface area contributed by atoms with E-state index in [1.165, 1.54) is 0 Å².